The summed E-state index contributed by atoms with van der Waals surface area (Å²) in [5.41, 5.74) is 0.907. The fourth-order valence-corrected chi connectivity index (χ4v) is 1.66. The molecule has 0 unspecified atom stereocenters. The van der Waals surface area contributed by atoms with Crippen LogP contribution >= 0.6 is 0 Å². The van der Waals surface area contributed by atoms with E-state index in [2.05, 4.69) is 22.2 Å². The molecule has 90 valence electrons. The Morgan fingerprint density at radius 3 is 2.76 bits per heavy atom. The van der Waals surface area contributed by atoms with Crippen LogP contribution in [0.5, 0.6) is 0 Å². The quantitative estimate of drug-likeness (QED) is 0.842. The highest BCUT2D eigenvalue weighted by Crippen LogP contribution is 2.13. The smallest absolute Gasteiger partial charge is 0.278 e. The molecule has 0 saturated carbocycles. The molecule has 17 heavy (non-hydrogen) atoms. The van der Waals surface area contributed by atoms with Crippen LogP contribution in [0.3, 0.4) is 0 Å². The number of nitrogens with zero attached hydrogens (tertiary/aromatic N) is 3. The first-order valence-electron chi connectivity index (χ1n) is 5.63. The zero-order valence-corrected chi connectivity index (χ0v) is 9.64. The minimum atomic E-state index is -0.432. The second-order valence-electron chi connectivity index (χ2n) is 3.87. The summed E-state index contributed by atoms with van der Waals surface area (Å²) < 4.78 is 0. The van der Waals surface area contributed by atoms with Gasteiger partial charge in [0.05, 0.1) is 18.1 Å². The number of aromatic nitrogens is 2. The number of anilines is 1. The van der Waals surface area contributed by atoms with Gasteiger partial charge in [0.15, 0.2) is 5.82 Å². The fraction of sp³-hybridized carbons (Fsp3) is 0.455. The maximum Gasteiger partial charge on any atom is 0.329 e. The Morgan fingerprint density at radius 2 is 2.18 bits per heavy atom. The lowest BCUT2D eigenvalue weighted by atomic mass is 10.2. The molecule has 0 bridgehead atoms. The summed E-state index contributed by atoms with van der Waals surface area (Å²) in [6.07, 6.45) is 5.41. The molecule has 3 amide bonds. The summed E-state index contributed by atoms with van der Waals surface area (Å²) in [7, 11) is 0. The Bertz CT molecular complexity index is 430. The van der Waals surface area contributed by atoms with E-state index in [4.69, 9.17) is 0 Å². The van der Waals surface area contributed by atoms with Gasteiger partial charge in [0, 0.05) is 13.0 Å². The molecule has 1 fully saturated rings. The van der Waals surface area contributed by atoms with Crippen molar-refractivity contribution in [3.05, 3.63) is 18.1 Å². The van der Waals surface area contributed by atoms with Crippen LogP contribution in [0.25, 0.3) is 0 Å². The van der Waals surface area contributed by atoms with Gasteiger partial charge >= 0.3 is 6.03 Å². The monoisotopic (exact) mass is 234 g/mol. The normalized spacial score (nSPS) is 15.9. The Morgan fingerprint density at radius 1 is 1.35 bits per heavy atom. The van der Waals surface area contributed by atoms with Crippen molar-refractivity contribution in [2.75, 3.05) is 11.4 Å². The summed E-state index contributed by atoms with van der Waals surface area (Å²) >= 11 is 0. The molecule has 0 aliphatic carbocycles. The molecule has 1 aromatic heterocycles. The number of urea groups is 1. The van der Waals surface area contributed by atoms with Gasteiger partial charge in [-0.2, -0.15) is 0 Å². The third-order valence-electron chi connectivity index (χ3n) is 2.53. The van der Waals surface area contributed by atoms with Crippen molar-refractivity contribution in [1.29, 1.82) is 0 Å². The molecule has 0 radical (unpaired) electrons. The summed E-state index contributed by atoms with van der Waals surface area (Å²) in [6.45, 7) is 2.42. The second kappa shape index (κ2) is 4.90. The standard InChI is InChI=1S/C11H14N4O2/c1-2-3-8-6-13-9(7-12-8)15-5-4-10(16)14-11(15)17/h6-7H,2-5H2,1H3,(H,14,16,17). The number of aryl methyl sites for hydroxylation is 1. The van der Waals surface area contributed by atoms with Crippen LogP contribution in [0.15, 0.2) is 12.4 Å². The van der Waals surface area contributed by atoms with Crippen molar-refractivity contribution in [2.45, 2.75) is 26.2 Å². The molecular formula is C11H14N4O2. The first-order valence-corrected chi connectivity index (χ1v) is 5.63. The molecule has 0 spiro atoms. The first-order chi connectivity index (χ1) is 8.20. The van der Waals surface area contributed by atoms with Crippen LogP contribution < -0.4 is 10.2 Å². The highest BCUT2D eigenvalue weighted by atomic mass is 16.2. The number of hydrogen-bond donors (Lipinski definition) is 1. The van der Waals surface area contributed by atoms with Crippen molar-refractivity contribution in [1.82, 2.24) is 15.3 Å². The SMILES string of the molecule is CCCc1cnc(N2CCC(=O)NC2=O)cn1. The van der Waals surface area contributed by atoms with Gasteiger partial charge in [0.25, 0.3) is 0 Å². The zero-order valence-electron chi connectivity index (χ0n) is 9.64. The van der Waals surface area contributed by atoms with Crippen LogP contribution in [0.4, 0.5) is 10.6 Å². The van der Waals surface area contributed by atoms with E-state index >= 15 is 0 Å². The minimum Gasteiger partial charge on any atom is -0.278 e. The fourth-order valence-electron chi connectivity index (χ4n) is 1.66. The van der Waals surface area contributed by atoms with Gasteiger partial charge in [0.2, 0.25) is 5.91 Å². The molecule has 1 N–H and O–H groups in total. The van der Waals surface area contributed by atoms with Gasteiger partial charge in [-0.1, -0.05) is 13.3 Å². The van der Waals surface area contributed by atoms with Crippen LogP contribution in [0.2, 0.25) is 0 Å². The number of amides is 3. The number of carbonyl (C=O) groups is 2. The Labute approximate surface area is 99.1 Å². The van der Waals surface area contributed by atoms with E-state index < -0.39 is 6.03 Å². The van der Waals surface area contributed by atoms with E-state index in [0.717, 1.165) is 18.5 Å². The molecule has 6 heteroatoms. The average Bonchev–Trinajstić information content (AvgIpc) is 2.31. The minimum absolute atomic E-state index is 0.248. The summed E-state index contributed by atoms with van der Waals surface area (Å²) in [5, 5.41) is 2.25. The number of imide groups is 1. The molecule has 1 saturated heterocycles. The van der Waals surface area contributed by atoms with Gasteiger partial charge in [-0.15, -0.1) is 0 Å². The van der Waals surface area contributed by atoms with Gasteiger partial charge in [0.1, 0.15) is 0 Å². The van der Waals surface area contributed by atoms with Crippen molar-refractivity contribution in [3.63, 3.8) is 0 Å². The average molecular weight is 234 g/mol. The molecule has 2 rings (SSSR count). The first kappa shape index (κ1) is 11.5. The predicted molar refractivity (Wildman–Crippen MR) is 61.5 cm³/mol. The van der Waals surface area contributed by atoms with Crippen LogP contribution in [-0.4, -0.2) is 28.5 Å². The van der Waals surface area contributed by atoms with Crippen molar-refractivity contribution >= 4 is 17.8 Å². The molecule has 1 aliphatic heterocycles. The molecule has 6 nitrogen and oxygen atoms in total. The molecule has 1 aromatic rings. The maximum atomic E-state index is 11.5. The van der Waals surface area contributed by atoms with Gasteiger partial charge < -0.3 is 0 Å². The van der Waals surface area contributed by atoms with Gasteiger partial charge in [-0.25, -0.2) is 9.78 Å². The second-order valence-corrected chi connectivity index (χ2v) is 3.87. The number of hydrogen-bond acceptors (Lipinski definition) is 4. The Hall–Kier alpha value is -1.98. The van der Waals surface area contributed by atoms with E-state index in [1.807, 2.05) is 0 Å². The molecule has 0 atom stereocenters. The van der Waals surface area contributed by atoms with Crippen molar-refractivity contribution in [3.8, 4) is 0 Å². The number of carbonyl (C=O) groups excluding carboxylic acids is 2. The van der Waals surface area contributed by atoms with Crippen molar-refractivity contribution in [2.24, 2.45) is 0 Å². The Kier molecular flexibility index (Phi) is 3.32. The van der Waals surface area contributed by atoms with Crippen LogP contribution in [0, 0.1) is 0 Å². The Balaban J connectivity index is 2.11. The van der Waals surface area contributed by atoms with Crippen molar-refractivity contribution < 1.29 is 9.59 Å². The lowest BCUT2D eigenvalue weighted by molar-refractivity contribution is -0.120. The van der Waals surface area contributed by atoms with Gasteiger partial charge in [-0.3, -0.25) is 20.0 Å². The van der Waals surface area contributed by atoms with E-state index in [0.29, 0.717) is 18.8 Å². The molecule has 1 aliphatic rings. The third-order valence-corrected chi connectivity index (χ3v) is 2.53. The van der Waals surface area contributed by atoms with E-state index in [1.165, 1.54) is 4.90 Å². The largest absolute Gasteiger partial charge is 0.329 e. The van der Waals surface area contributed by atoms with E-state index in [-0.39, 0.29) is 5.91 Å². The summed E-state index contributed by atoms with van der Waals surface area (Å²) in [4.78, 5) is 32.4. The lowest BCUT2D eigenvalue weighted by Gasteiger charge is -2.25. The molecular weight excluding hydrogens is 220 g/mol. The number of rotatable bonds is 3. The number of nitrogens with one attached hydrogen (secondary N) is 1. The van der Waals surface area contributed by atoms with Crippen LogP contribution in [0.1, 0.15) is 25.5 Å². The molecule has 0 aromatic carbocycles. The topological polar surface area (TPSA) is 75.2 Å². The highest BCUT2D eigenvalue weighted by Gasteiger charge is 2.25. The maximum absolute atomic E-state index is 11.5. The molecule has 2 heterocycles. The zero-order chi connectivity index (χ0) is 12.3. The highest BCUT2D eigenvalue weighted by molar-refractivity contribution is 6.05. The summed E-state index contributed by atoms with van der Waals surface area (Å²) in [5.74, 6) is 0.233. The summed E-state index contributed by atoms with van der Waals surface area (Å²) in [6, 6.07) is -0.432. The lowest BCUT2D eigenvalue weighted by Crippen LogP contribution is -2.49. The van der Waals surface area contributed by atoms with E-state index in [9.17, 15) is 9.59 Å². The van der Waals surface area contributed by atoms with Gasteiger partial charge in [-0.05, 0) is 6.42 Å². The van der Waals surface area contributed by atoms with E-state index in [1.54, 1.807) is 12.4 Å². The van der Waals surface area contributed by atoms with Crippen LogP contribution in [-0.2, 0) is 11.2 Å². The predicted octanol–water partition coefficient (Wildman–Crippen LogP) is 0.875. The third kappa shape index (κ3) is 2.58.